The second kappa shape index (κ2) is 7.98. The van der Waals surface area contributed by atoms with Crippen LogP contribution in [0.25, 0.3) is 11.3 Å². The Kier molecular flexibility index (Phi) is 5.25. The van der Waals surface area contributed by atoms with E-state index in [4.69, 9.17) is 4.42 Å². The van der Waals surface area contributed by atoms with Crippen molar-refractivity contribution < 1.29 is 18.4 Å². The average Bonchev–Trinajstić information content (AvgIpc) is 3.47. The van der Waals surface area contributed by atoms with Gasteiger partial charge in [0.2, 0.25) is 5.91 Å². The van der Waals surface area contributed by atoms with Crippen LogP contribution in [-0.2, 0) is 11.3 Å². The van der Waals surface area contributed by atoms with Gasteiger partial charge in [-0.3, -0.25) is 9.59 Å². The summed E-state index contributed by atoms with van der Waals surface area (Å²) in [4.78, 5) is 27.5. The van der Waals surface area contributed by atoms with Gasteiger partial charge in [-0.1, -0.05) is 6.07 Å². The molecule has 4 rings (SSSR count). The van der Waals surface area contributed by atoms with E-state index in [0.717, 1.165) is 12.0 Å². The Balaban J connectivity index is 1.37. The van der Waals surface area contributed by atoms with E-state index in [2.05, 4.69) is 5.32 Å². The number of benzene rings is 1. The zero-order valence-electron chi connectivity index (χ0n) is 15.1. The summed E-state index contributed by atoms with van der Waals surface area (Å²) in [6.07, 6.45) is 1.46. The lowest BCUT2D eigenvalue weighted by molar-refractivity contribution is -0.125. The second-order valence-corrected chi connectivity index (χ2v) is 7.57. The molecule has 0 saturated carbocycles. The molecule has 0 radical (unpaired) electrons. The fraction of sp³-hybridized carbons (Fsp3) is 0.238. The first-order chi connectivity index (χ1) is 13.6. The quantitative estimate of drug-likeness (QED) is 0.705. The first kappa shape index (κ1) is 18.4. The summed E-state index contributed by atoms with van der Waals surface area (Å²) in [6, 6.07) is 12.8. The molecule has 1 atom stereocenters. The van der Waals surface area contributed by atoms with E-state index >= 15 is 0 Å². The zero-order valence-corrected chi connectivity index (χ0v) is 15.9. The SMILES string of the molecule is O=C(NCc1ccc(-c2ccc(F)cc2)o1)[C@@H]1CCCN1C(=O)c1cccs1. The van der Waals surface area contributed by atoms with Gasteiger partial charge in [0.05, 0.1) is 11.4 Å². The third kappa shape index (κ3) is 3.84. The molecule has 1 fully saturated rings. The van der Waals surface area contributed by atoms with Crippen LogP contribution in [0.4, 0.5) is 4.39 Å². The summed E-state index contributed by atoms with van der Waals surface area (Å²) in [5, 5.41) is 4.72. The smallest absolute Gasteiger partial charge is 0.264 e. The van der Waals surface area contributed by atoms with E-state index in [9.17, 15) is 14.0 Å². The molecule has 0 aliphatic carbocycles. The third-order valence-corrected chi connectivity index (χ3v) is 5.63. The summed E-state index contributed by atoms with van der Waals surface area (Å²) in [7, 11) is 0. The van der Waals surface area contributed by atoms with Crippen LogP contribution in [-0.4, -0.2) is 29.3 Å². The Hall–Kier alpha value is -2.93. The zero-order chi connectivity index (χ0) is 19.5. The molecule has 3 aromatic rings. The molecule has 1 N–H and O–H groups in total. The number of likely N-dealkylation sites (tertiary alicyclic amines) is 1. The predicted octanol–water partition coefficient (Wildman–Crippen LogP) is 4.07. The molecule has 0 unspecified atom stereocenters. The van der Waals surface area contributed by atoms with E-state index in [-0.39, 0.29) is 24.2 Å². The summed E-state index contributed by atoms with van der Waals surface area (Å²) in [5.74, 6) is 0.633. The van der Waals surface area contributed by atoms with Gasteiger partial charge >= 0.3 is 0 Å². The van der Waals surface area contributed by atoms with Crippen LogP contribution in [0.1, 0.15) is 28.3 Å². The molecule has 1 aliphatic heterocycles. The molecule has 28 heavy (non-hydrogen) atoms. The van der Waals surface area contributed by atoms with Crippen molar-refractivity contribution in [3.8, 4) is 11.3 Å². The van der Waals surface area contributed by atoms with Crippen LogP contribution >= 0.6 is 11.3 Å². The van der Waals surface area contributed by atoms with E-state index in [1.807, 2.05) is 11.4 Å². The van der Waals surface area contributed by atoms with Gasteiger partial charge in [0.15, 0.2) is 0 Å². The average molecular weight is 398 g/mol. The van der Waals surface area contributed by atoms with Crippen LogP contribution in [0.15, 0.2) is 58.3 Å². The molecule has 5 nitrogen and oxygen atoms in total. The molecule has 1 aromatic carbocycles. The molecule has 144 valence electrons. The van der Waals surface area contributed by atoms with Crippen molar-refractivity contribution in [3.05, 3.63) is 70.4 Å². The number of furan rings is 1. The maximum absolute atomic E-state index is 13.0. The molecule has 7 heteroatoms. The second-order valence-electron chi connectivity index (χ2n) is 6.62. The van der Waals surface area contributed by atoms with E-state index in [1.54, 1.807) is 35.2 Å². The van der Waals surface area contributed by atoms with Crippen LogP contribution in [0.3, 0.4) is 0 Å². The van der Waals surface area contributed by atoms with Gasteiger partial charge in [-0.25, -0.2) is 4.39 Å². The number of carbonyl (C=O) groups is 2. The normalized spacial score (nSPS) is 16.3. The highest BCUT2D eigenvalue weighted by Gasteiger charge is 2.34. The van der Waals surface area contributed by atoms with Crippen molar-refractivity contribution >= 4 is 23.2 Å². The lowest BCUT2D eigenvalue weighted by atomic mass is 10.2. The number of halogens is 1. The Morgan fingerprint density at radius 3 is 2.75 bits per heavy atom. The predicted molar refractivity (Wildman–Crippen MR) is 104 cm³/mol. The van der Waals surface area contributed by atoms with E-state index in [1.165, 1.54) is 23.5 Å². The minimum absolute atomic E-state index is 0.0933. The lowest BCUT2D eigenvalue weighted by Crippen LogP contribution is -2.45. The Bertz CT molecular complexity index is 966. The summed E-state index contributed by atoms with van der Waals surface area (Å²) in [6.45, 7) is 0.821. The van der Waals surface area contributed by atoms with Gasteiger partial charge in [0.1, 0.15) is 23.4 Å². The van der Waals surface area contributed by atoms with Gasteiger partial charge < -0.3 is 14.6 Å². The number of rotatable bonds is 5. The minimum atomic E-state index is -0.457. The summed E-state index contributed by atoms with van der Waals surface area (Å²) in [5.41, 5.74) is 0.766. The molecular formula is C21H19FN2O3S. The van der Waals surface area contributed by atoms with Crippen LogP contribution in [0.5, 0.6) is 0 Å². The highest BCUT2D eigenvalue weighted by atomic mass is 32.1. The monoisotopic (exact) mass is 398 g/mol. The first-order valence-corrected chi connectivity index (χ1v) is 9.96. The third-order valence-electron chi connectivity index (χ3n) is 4.78. The van der Waals surface area contributed by atoms with Crippen LogP contribution in [0.2, 0.25) is 0 Å². The van der Waals surface area contributed by atoms with Crippen LogP contribution < -0.4 is 5.32 Å². The molecule has 2 aromatic heterocycles. The molecule has 1 aliphatic rings. The number of thiophene rings is 1. The van der Waals surface area contributed by atoms with Crippen LogP contribution in [0, 0.1) is 5.82 Å². The summed E-state index contributed by atoms with van der Waals surface area (Å²) >= 11 is 1.38. The van der Waals surface area contributed by atoms with Crippen molar-refractivity contribution in [1.82, 2.24) is 10.2 Å². The van der Waals surface area contributed by atoms with Gasteiger partial charge in [-0.05, 0) is 60.7 Å². The number of nitrogens with one attached hydrogen (secondary N) is 1. The maximum Gasteiger partial charge on any atom is 0.264 e. The van der Waals surface area contributed by atoms with E-state index in [0.29, 0.717) is 29.4 Å². The highest BCUT2D eigenvalue weighted by Crippen LogP contribution is 2.24. The molecule has 0 spiro atoms. The minimum Gasteiger partial charge on any atom is -0.459 e. The van der Waals surface area contributed by atoms with Crippen molar-refractivity contribution in [2.45, 2.75) is 25.4 Å². The van der Waals surface area contributed by atoms with E-state index < -0.39 is 6.04 Å². The number of amides is 2. The molecular weight excluding hydrogens is 379 g/mol. The van der Waals surface area contributed by atoms with Crippen molar-refractivity contribution in [3.63, 3.8) is 0 Å². The fourth-order valence-electron chi connectivity index (χ4n) is 3.36. The molecule has 3 heterocycles. The maximum atomic E-state index is 13.0. The first-order valence-electron chi connectivity index (χ1n) is 9.08. The molecule has 1 saturated heterocycles. The van der Waals surface area contributed by atoms with Gasteiger partial charge in [0, 0.05) is 12.1 Å². The Morgan fingerprint density at radius 1 is 1.18 bits per heavy atom. The molecule has 2 amide bonds. The number of carbonyl (C=O) groups excluding carboxylic acids is 2. The summed E-state index contributed by atoms with van der Waals surface area (Å²) < 4.78 is 18.8. The van der Waals surface area contributed by atoms with Gasteiger partial charge in [-0.15, -0.1) is 11.3 Å². The highest BCUT2D eigenvalue weighted by molar-refractivity contribution is 7.12. The lowest BCUT2D eigenvalue weighted by Gasteiger charge is -2.23. The van der Waals surface area contributed by atoms with Gasteiger partial charge in [-0.2, -0.15) is 0 Å². The molecule has 0 bridgehead atoms. The largest absolute Gasteiger partial charge is 0.459 e. The number of hydrogen-bond donors (Lipinski definition) is 1. The fourth-order valence-corrected chi connectivity index (χ4v) is 4.04. The Morgan fingerprint density at radius 2 is 2.00 bits per heavy atom. The van der Waals surface area contributed by atoms with Crippen molar-refractivity contribution in [2.75, 3.05) is 6.54 Å². The van der Waals surface area contributed by atoms with Gasteiger partial charge in [0.25, 0.3) is 5.91 Å². The Labute approximate surface area is 165 Å². The van der Waals surface area contributed by atoms with Crippen molar-refractivity contribution in [2.24, 2.45) is 0 Å². The number of nitrogens with zero attached hydrogens (tertiary/aromatic N) is 1. The standard InChI is InChI=1S/C21H19FN2O3S/c22-15-7-5-14(6-8-15)18-10-9-16(27-18)13-23-20(25)17-3-1-11-24(17)21(26)19-4-2-12-28-19/h2,4-10,12,17H,1,3,11,13H2,(H,23,25)/t17-/m0/s1. The number of hydrogen-bond acceptors (Lipinski definition) is 4. The topological polar surface area (TPSA) is 62.6 Å². The van der Waals surface area contributed by atoms with Crippen molar-refractivity contribution in [1.29, 1.82) is 0 Å².